The first-order chi connectivity index (χ1) is 6.69. The summed E-state index contributed by atoms with van der Waals surface area (Å²) < 4.78 is 0. The maximum Gasteiger partial charge on any atom is 0.270 e. The van der Waals surface area contributed by atoms with Crippen LogP contribution in [0.2, 0.25) is 0 Å². The Hall–Kier alpha value is -2.42. The van der Waals surface area contributed by atoms with Crippen LogP contribution in [0, 0.1) is 21.4 Å². The van der Waals surface area contributed by atoms with Gasteiger partial charge in [-0.25, -0.2) is 0 Å². The number of rotatable bonds is 3. The number of hydrogen-bond donors (Lipinski definition) is 1. The fourth-order valence-corrected chi connectivity index (χ4v) is 0.928. The van der Waals surface area contributed by atoms with Gasteiger partial charge in [-0.1, -0.05) is 0 Å². The van der Waals surface area contributed by atoms with Gasteiger partial charge in [-0.3, -0.25) is 14.9 Å². The minimum Gasteiger partial charge on any atom is -0.328 e. The molecule has 0 fully saturated rings. The molecule has 0 atom stereocenters. The summed E-state index contributed by atoms with van der Waals surface area (Å²) in [4.78, 5) is 19.8. The van der Waals surface area contributed by atoms with E-state index in [0.29, 0.717) is 6.41 Å². The molecular formula is C8H5N3O3. The van der Waals surface area contributed by atoms with Gasteiger partial charge in [-0.15, -0.1) is 0 Å². The SMILES string of the molecule is N#Cc1cc([N+](=O)[O-])ccc1NC=O. The molecular weight excluding hydrogens is 186 g/mol. The number of anilines is 1. The molecule has 0 unspecified atom stereocenters. The largest absolute Gasteiger partial charge is 0.328 e. The molecule has 70 valence electrons. The molecule has 0 radical (unpaired) electrons. The lowest BCUT2D eigenvalue weighted by atomic mass is 10.2. The van der Waals surface area contributed by atoms with Gasteiger partial charge >= 0.3 is 0 Å². The molecule has 6 nitrogen and oxygen atoms in total. The van der Waals surface area contributed by atoms with E-state index < -0.39 is 4.92 Å². The number of benzene rings is 1. The summed E-state index contributed by atoms with van der Waals surface area (Å²) >= 11 is 0. The number of nitrogens with zero attached hydrogens (tertiary/aromatic N) is 2. The van der Waals surface area contributed by atoms with E-state index in [1.54, 1.807) is 6.07 Å². The van der Waals surface area contributed by atoms with Crippen LogP contribution < -0.4 is 5.32 Å². The second-order valence-electron chi connectivity index (χ2n) is 2.36. The van der Waals surface area contributed by atoms with E-state index in [-0.39, 0.29) is 16.9 Å². The summed E-state index contributed by atoms with van der Waals surface area (Å²) in [5.74, 6) is 0. The van der Waals surface area contributed by atoms with Crippen LogP contribution in [0.4, 0.5) is 11.4 Å². The number of hydrogen-bond acceptors (Lipinski definition) is 4. The van der Waals surface area contributed by atoms with Crippen molar-refractivity contribution in [2.75, 3.05) is 5.32 Å². The topological polar surface area (TPSA) is 96.0 Å². The van der Waals surface area contributed by atoms with Crippen LogP contribution in [0.3, 0.4) is 0 Å². The van der Waals surface area contributed by atoms with Gasteiger partial charge in [-0.05, 0) is 6.07 Å². The number of carbonyl (C=O) groups excluding carboxylic acids is 1. The number of nitro groups is 1. The first kappa shape index (κ1) is 9.67. The molecule has 0 aliphatic heterocycles. The third-order valence-corrected chi connectivity index (χ3v) is 1.55. The minimum absolute atomic E-state index is 0.0614. The summed E-state index contributed by atoms with van der Waals surface area (Å²) in [6, 6.07) is 5.38. The predicted octanol–water partition coefficient (Wildman–Crippen LogP) is 1.03. The number of nitriles is 1. The highest BCUT2D eigenvalue weighted by Gasteiger charge is 2.09. The van der Waals surface area contributed by atoms with Gasteiger partial charge < -0.3 is 5.32 Å². The zero-order valence-corrected chi connectivity index (χ0v) is 6.93. The first-order valence-corrected chi connectivity index (χ1v) is 3.57. The average Bonchev–Trinajstić information content (AvgIpc) is 2.18. The maximum atomic E-state index is 10.3. The van der Waals surface area contributed by atoms with Crippen LogP contribution in [0.1, 0.15) is 5.56 Å². The Morgan fingerprint density at radius 3 is 2.79 bits per heavy atom. The third-order valence-electron chi connectivity index (χ3n) is 1.55. The summed E-state index contributed by atoms with van der Waals surface area (Å²) in [6.45, 7) is 0. The van der Waals surface area contributed by atoms with Crippen molar-refractivity contribution in [3.05, 3.63) is 33.9 Å². The van der Waals surface area contributed by atoms with Crippen molar-refractivity contribution >= 4 is 17.8 Å². The second kappa shape index (κ2) is 4.00. The quantitative estimate of drug-likeness (QED) is 0.438. The Labute approximate surface area is 78.9 Å². The number of non-ortho nitro benzene ring substituents is 1. The van der Waals surface area contributed by atoms with Crippen LogP contribution in [0.5, 0.6) is 0 Å². The molecule has 0 heterocycles. The van der Waals surface area contributed by atoms with Crippen molar-refractivity contribution in [3.8, 4) is 6.07 Å². The number of amides is 1. The molecule has 0 aliphatic carbocycles. The predicted molar refractivity (Wildman–Crippen MR) is 47.5 cm³/mol. The smallest absolute Gasteiger partial charge is 0.270 e. The van der Waals surface area contributed by atoms with Gasteiger partial charge in [0.15, 0.2) is 0 Å². The first-order valence-electron chi connectivity index (χ1n) is 3.57. The van der Waals surface area contributed by atoms with Gasteiger partial charge in [0, 0.05) is 12.1 Å². The zero-order chi connectivity index (χ0) is 10.6. The monoisotopic (exact) mass is 191 g/mol. The molecule has 0 spiro atoms. The number of nitro benzene ring substituents is 1. The maximum absolute atomic E-state index is 10.3. The van der Waals surface area contributed by atoms with Crippen LogP contribution in [-0.4, -0.2) is 11.3 Å². The van der Waals surface area contributed by atoms with Crippen molar-refractivity contribution in [1.82, 2.24) is 0 Å². The molecule has 1 N–H and O–H groups in total. The Balaban J connectivity index is 3.19. The lowest BCUT2D eigenvalue weighted by molar-refractivity contribution is -0.384. The molecule has 1 amide bonds. The molecule has 1 aromatic carbocycles. The van der Waals surface area contributed by atoms with Gasteiger partial charge in [0.05, 0.1) is 16.2 Å². The molecule has 0 saturated heterocycles. The normalized spacial score (nSPS) is 8.79. The lowest BCUT2D eigenvalue weighted by Crippen LogP contribution is -1.97. The van der Waals surface area contributed by atoms with Gasteiger partial charge in [0.25, 0.3) is 5.69 Å². The molecule has 0 saturated carbocycles. The van der Waals surface area contributed by atoms with Crippen molar-refractivity contribution in [2.45, 2.75) is 0 Å². The van der Waals surface area contributed by atoms with E-state index in [4.69, 9.17) is 5.26 Å². The summed E-state index contributed by atoms with van der Waals surface area (Å²) in [6.07, 6.45) is 0.405. The fraction of sp³-hybridized carbons (Fsp3) is 0. The van der Waals surface area contributed by atoms with Crippen LogP contribution >= 0.6 is 0 Å². The summed E-state index contributed by atoms with van der Waals surface area (Å²) in [5.41, 5.74) is 0.136. The van der Waals surface area contributed by atoms with Crippen molar-refractivity contribution in [3.63, 3.8) is 0 Å². The molecule has 1 aromatic rings. The van der Waals surface area contributed by atoms with E-state index in [9.17, 15) is 14.9 Å². The standard InChI is InChI=1S/C8H5N3O3/c9-4-6-3-7(11(13)14)1-2-8(6)10-5-12/h1-3,5H,(H,10,12). The van der Waals surface area contributed by atoms with Gasteiger partial charge in [-0.2, -0.15) is 5.26 Å². The highest BCUT2D eigenvalue weighted by atomic mass is 16.6. The average molecular weight is 191 g/mol. The van der Waals surface area contributed by atoms with Gasteiger partial charge in [0.1, 0.15) is 6.07 Å². The molecule has 6 heteroatoms. The molecule has 14 heavy (non-hydrogen) atoms. The molecule has 1 rings (SSSR count). The van der Waals surface area contributed by atoms with Gasteiger partial charge in [0.2, 0.25) is 6.41 Å². The fourth-order valence-electron chi connectivity index (χ4n) is 0.928. The van der Waals surface area contributed by atoms with Crippen LogP contribution in [-0.2, 0) is 4.79 Å². The van der Waals surface area contributed by atoms with E-state index in [1.165, 1.54) is 12.1 Å². The van der Waals surface area contributed by atoms with Crippen LogP contribution in [0.25, 0.3) is 0 Å². The van der Waals surface area contributed by atoms with E-state index >= 15 is 0 Å². The highest BCUT2D eigenvalue weighted by Crippen LogP contribution is 2.20. The Morgan fingerprint density at radius 1 is 1.57 bits per heavy atom. The Bertz CT molecular complexity index is 422. The zero-order valence-electron chi connectivity index (χ0n) is 6.93. The van der Waals surface area contributed by atoms with Crippen molar-refractivity contribution < 1.29 is 9.72 Å². The minimum atomic E-state index is -0.606. The summed E-state index contributed by atoms with van der Waals surface area (Å²) in [5, 5.41) is 21.2. The van der Waals surface area contributed by atoms with Crippen molar-refractivity contribution in [2.24, 2.45) is 0 Å². The Morgan fingerprint density at radius 2 is 2.29 bits per heavy atom. The molecule has 0 aliphatic rings. The summed E-state index contributed by atoms with van der Waals surface area (Å²) in [7, 11) is 0. The van der Waals surface area contributed by atoms with E-state index in [0.717, 1.165) is 6.07 Å². The van der Waals surface area contributed by atoms with Crippen molar-refractivity contribution in [1.29, 1.82) is 5.26 Å². The third kappa shape index (κ3) is 1.84. The highest BCUT2D eigenvalue weighted by molar-refractivity contribution is 5.76. The van der Waals surface area contributed by atoms with Crippen LogP contribution in [0.15, 0.2) is 18.2 Å². The number of nitrogens with one attached hydrogen (secondary N) is 1. The second-order valence-corrected chi connectivity index (χ2v) is 2.36. The Kier molecular flexibility index (Phi) is 2.76. The molecule has 0 bridgehead atoms. The number of carbonyl (C=O) groups is 1. The van der Waals surface area contributed by atoms with E-state index in [2.05, 4.69) is 5.32 Å². The molecule has 0 aromatic heterocycles. The van der Waals surface area contributed by atoms with E-state index in [1.807, 2.05) is 0 Å². The lowest BCUT2D eigenvalue weighted by Gasteiger charge is -2.00.